The van der Waals surface area contributed by atoms with Crippen molar-refractivity contribution in [2.24, 2.45) is 0 Å². The molecule has 0 aromatic rings. The average Bonchev–Trinajstić information content (AvgIpc) is 2.47. The first-order valence-electron chi connectivity index (χ1n) is 6.37. The van der Waals surface area contributed by atoms with Gasteiger partial charge in [-0.2, -0.15) is 0 Å². The van der Waals surface area contributed by atoms with Gasteiger partial charge in [0, 0.05) is 12.8 Å². The fraction of sp³-hybridized carbons (Fsp3) is 0.833. The van der Waals surface area contributed by atoms with E-state index in [-0.39, 0.29) is 12.8 Å². The van der Waals surface area contributed by atoms with Crippen LogP contribution in [0.2, 0.25) is 0 Å². The van der Waals surface area contributed by atoms with Gasteiger partial charge in [0.2, 0.25) is 0 Å². The molecule has 0 spiro atoms. The fourth-order valence-electron chi connectivity index (χ4n) is 1.29. The summed E-state index contributed by atoms with van der Waals surface area (Å²) in [6.07, 6.45) is -6.22. The highest BCUT2D eigenvalue weighted by Gasteiger charge is 2.33. The molecule has 0 saturated carbocycles. The number of aliphatic hydroxyl groups is 4. The standard InChI is InChI=1S/C12H22O8/c1-3-9(15)19-6-7(14)11(17)12(18)8(5-13)20-10(16)4-2/h7-8,11-14,17-18H,3-6H2,1-2H3/t7-,8+,11-,12-/m1/s1. The van der Waals surface area contributed by atoms with Crippen LogP contribution in [0.5, 0.6) is 0 Å². The molecule has 0 aromatic heterocycles. The molecule has 0 aromatic carbocycles. The first-order chi connectivity index (χ1) is 9.37. The minimum absolute atomic E-state index is 0.0377. The summed E-state index contributed by atoms with van der Waals surface area (Å²) in [7, 11) is 0. The van der Waals surface area contributed by atoms with Crippen molar-refractivity contribution in [2.45, 2.75) is 51.1 Å². The van der Waals surface area contributed by atoms with Gasteiger partial charge in [0.1, 0.15) is 24.9 Å². The molecule has 20 heavy (non-hydrogen) atoms. The lowest BCUT2D eigenvalue weighted by molar-refractivity contribution is -0.173. The van der Waals surface area contributed by atoms with Crippen molar-refractivity contribution >= 4 is 11.9 Å². The Hall–Kier alpha value is -1.22. The van der Waals surface area contributed by atoms with Gasteiger partial charge < -0.3 is 29.9 Å². The van der Waals surface area contributed by atoms with Crippen molar-refractivity contribution in [3.8, 4) is 0 Å². The van der Waals surface area contributed by atoms with Crippen LogP contribution < -0.4 is 0 Å². The van der Waals surface area contributed by atoms with Crippen LogP contribution in [0.3, 0.4) is 0 Å². The summed E-state index contributed by atoms with van der Waals surface area (Å²) in [6.45, 7) is 1.86. The van der Waals surface area contributed by atoms with E-state index < -0.39 is 49.6 Å². The minimum atomic E-state index is -1.73. The molecule has 8 nitrogen and oxygen atoms in total. The second kappa shape index (κ2) is 9.65. The quantitative estimate of drug-likeness (QED) is 0.371. The highest BCUT2D eigenvalue weighted by molar-refractivity contribution is 5.69. The molecule has 0 amide bonds. The van der Waals surface area contributed by atoms with Gasteiger partial charge in [-0.15, -0.1) is 0 Å². The van der Waals surface area contributed by atoms with Crippen LogP contribution in [-0.4, -0.2) is 70.0 Å². The van der Waals surface area contributed by atoms with Gasteiger partial charge in [-0.3, -0.25) is 9.59 Å². The summed E-state index contributed by atoms with van der Waals surface area (Å²) in [5.41, 5.74) is 0. The molecule has 0 aliphatic rings. The third-order valence-electron chi connectivity index (χ3n) is 2.58. The topological polar surface area (TPSA) is 134 Å². The van der Waals surface area contributed by atoms with Gasteiger partial charge in [0.15, 0.2) is 6.10 Å². The highest BCUT2D eigenvalue weighted by Crippen LogP contribution is 2.10. The number of ether oxygens (including phenoxy) is 2. The van der Waals surface area contributed by atoms with Gasteiger partial charge in [-0.25, -0.2) is 0 Å². The first-order valence-corrected chi connectivity index (χ1v) is 6.37. The van der Waals surface area contributed by atoms with Gasteiger partial charge in [0.05, 0.1) is 6.61 Å². The van der Waals surface area contributed by atoms with Crippen LogP contribution in [0.15, 0.2) is 0 Å². The average molecular weight is 294 g/mol. The first kappa shape index (κ1) is 18.8. The Kier molecular flexibility index (Phi) is 9.06. The van der Waals surface area contributed by atoms with Crippen LogP contribution >= 0.6 is 0 Å². The summed E-state index contributed by atoms with van der Waals surface area (Å²) < 4.78 is 9.32. The van der Waals surface area contributed by atoms with E-state index in [1.54, 1.807) is 6.92 Å². The minimum Gasteiger partial charge on any atom is -0.463 e. The Morgan fingerprint density at radius 1 is 1.00 bits per heavy atom. The maximum atomic E-state index is 11.1. The van der Waals surface area contributed by atoms with Gasteiger partial charge in [-0.05, 0) is 0 Å². The van der Waals surface area contributed by atoms with Gasteiger partial charge >= 0.3 is 11.9 Å². The van der Waals surface area contributed by atoms with E-state index in [2.05, 4.69) is 4.74 Å². The SMILES string of the molecule is CCC(=O)OC[C@@H](O)[C@@H](O)[C@H](O)[C@H](CO)OC(=O)CC. The molecule has 0 aliphatic heterocycles. The van der Waals surface area contributed by atoms with Crippen LogP contribution in [-0.2, 0) is 19.1 Å². The lowest BCUT2D eigenvalue weighted by Crippen LogP contribution is -2.49. The number of esters is 2. The second-order valence-corrected chi connectivity index (χ2v) is 4.15. The Morgan fingerprint density at radius 2 is 1.55 bits per heavy atom. The predicted octanol–water partition coefficient (Wildman–Crippen LogP) is -1.66. The molecular formula is C12H22O8. The zero-order chi connectivity index (χ0) is 15.7. The van der Waals surface area contributed by atoms with Gasteiger partial charge in [-0.1, -0.05) is 13.8 Å². The number of aliphatic hydroxyl groups excluding tert-OH is 4. The van der Waals surface area contributed by atoms with Crippen molar-refractivity contribution < 1.29 is 39.5 Å². The number of carbonyl (C=O) groups excluding carboxylic acids is 2. The van der Waals surface area contributed by atoms with Crippen LogP contribution in [0, 0.1) is 0 Å². The summed E-state index contributed by atoms with van der Waals surface area (Å²) in [6, 6.07) is 0. The number of rotatable bonds is 9. The monoisotopic (exact) mass is 294 g/mol. The van der Waals surface area contributed by atoms with E-state index in [0.29, 0.717) is 0 Å². The zero-order valence-corrected chi connectivity index (χ0v) is 11.6. The Labute approximate surface area is 116 Å². The van der Waals surface area contributed by atoms with Gasteiger partial charge in [0.25, 0.3) is 0 Å². The molecular weight excluding hydrogens is 272 g/mol. The highest BCUT2D eigenvalue weighted by atomic mass is 16.6. The summed E-state index contributed by atoms with van der Waals surface area (Å²) in [5, 5.41) is 38.0. The molecule has 0 rings (SSSR count). The van der Waals surface area contributed by atoms with Crippen molar-refractivity contribution in [1.82, 2.24) is 0 Å². The van der Waals surface area contributed by atoms with Crippen LogP contribution in [0.25, 0.3) is 0 Å². The largest absolute Gasteiger partial charge is 0.463 e. The molecule has 0 unspecified atom stereocenters. The van der Waals surface area contributed by atoms with E-state index in [1.807, 2.05) is 0 Å². The third kappa shape index (κ3) is 6.29. The van der Waals surface area contributed by atoms with E-state index >= 15 is 0 Å². The predicted molar refractivity (Wildman–Crippen MR) is 66.5 cm³/mol. The van der Waals surface area contributed by atoms with E-state index in [0.717, 1.165) is 0 Å². The summed E-state index contributed by atoms with van der Waals surface area (Å²) >= 11 is 0. The number of hydrogen-bond donors (Lipinski definition) is 4. The van der Waals surface area contributed by atoms with Crippen molar-refractivity contribution in [2.75, 3.05) is 13.2 Å². The molecule has 0 bridgehead atoms. The molecule has 0 aliphatic carbocycles. The van der Waals surface area contributed by atoms with Crippen molar-refractivity contribution in [1.29, 1.82) is 0 Å². The van der Waals surface area contributed by atoms with E-state index in [9.17, 15) is 24.9 Å². The second-order valence-electron chi connectivity index (χ2n) is 4.15. The molecule has 0 saturated heterocycles. The summed E-state index contributed by atoms with van der Waals surface area (Å²) in [4.78, 5) is 22.0. The smallest absolute Gasteiger partial charge is 0.305 e. The van der Waals surface area contributed by atoms with Crippen LogP contribution in [0.1, 0.15) is 26.7 Å². The van der Waals surface area contributed by atoms with Crippen LogP contribution in [0.4, 0.5) is 0 Å². The third-order valence-corrected chi connectivity index (χ3v) is 2.58. The maximum absolute atomic E-state index is 11.1. The maximum Gasteiger partial charge on any atom is 0.305 e. The van der Waals surface area contributed by atoms with Crippen molar-refractivity contribution in [3.05, 3.63) is 0 Å². The zero-order valence-electron chi connectivity index (χ0n) is 11.6. The lowest BCUT2D eigenvalue weighted by Gasteiger charge is -2.27. The molecule has 4 atom stereocenters. The lowest BCUT2D eigenvalue weighted by atomic mass is 10.0. The number of carbonyl (C=O) groups is 2. The Bertz CT molecular complexity index is 306. The normalized spacial score (nSPS) is 16.9. The molecule has 4 N–H and O–H groups in total. The fourth-order valence-corrected chi connectivity index (χ4v) is 1.29. The Balaban J connectivity index is 4.43. The molecule has 0 fully saturated rings. The van der Waals surface area contributed by atoms with E-state index in [4.69, 9.17) is 9.84 Å². The van der Waals surface area contributed by atoms with E-state index in [1.165, 1.54) is 6.92 Å². The molecule has 0 heterocycles. The molecule has 0 radical (unpaired) electrons. The Morgan fingerprint density at radius 3 is 2.00 bits per heavy atom. The van der Waals surface area contributed by atoms with Crippen molar-refractivity contribution in [3.63, 3.8) is 0 Å². The molecule has 8 heteroatoms. The molecule has 118 valence electrons. The number of hydrogen-bond acceptors (Lipinski definition) is 8. The summed E-state index contributed by atoms with van der Waals surface area (Å²) in [5.74, 6) is -1.23.